The topological polar surface area (TPSA) is 9.23 Å². The van der Waals surface area contributed by atoms with Crippen molar-refractivity contribution in [3.8, 4) is 0 Å². The first-order chi connectivity index (χ1) is 6.53. The van der Waals surface area contributed by atoms with E-state index < -0.39 is 9.76 Å². The number of hydrogen-bond acceptors (Lipinski definition) is 1. The fourth-order valence-corrected chi connectivity index (χ4v) is 2.41. The minimum absolute atomic E-state index is 0.0273. The molecule has 1 nitrogen and oxygen atoms in total. The second kappa shape index (κ2) is 4.58. The van der Waals surface area contributed by atoms with Crippen molar-refractivity contribution in [3.05, 3.63) is 36.4 Å². The van der Waals surface area contributed by atoms with Crippen molar-refractivity contribution < 1.29 is 4.43 Å². The van der Waals surface area contributed by atoms with Gasteiger partial charge in [0.15, 0.2) is 9.76 Å². The molecular formula is C12H18OSi. The van der Waals surface area contributed by atoms with Crippen LogP contribution in [0.25, 0.3) is 6.08 Å². The molecule has 14 heavy (non-hydrogen) atoms. The van der Waals surface area contributed by atoms with Crippen LogP contribution in [-0.2, 0) is 4.43 Å². The Kier molecular flexibility index (Phi) is 3.67. The lowest BCUT2D eigenvalue weighted by Crippen LogP contribution is -2.29. The molecule has 0 fully saturated rings. The molecule has 0 saturated heterocycles. The van der Waals surface area contributed by atoms with Crippen molar-refractivity contribution >= 4 is 21.0 Å². The van der Waals surface area contributed by atoms with E-state index in [0.717, 1.165) is 0 Å². The van der Waals surface area contributed by atoms with Crippen molar-refractivity contribution in [1.82, 2.24) is 0 Å². The summed E-state index contributed by atoms with van der Waals surface area (Å²) < 4.78 is 5.85. The second-order valence-electron chi connectivity index (χ2n) is 4.30. The predicted molar refractivity (Wildman–Crippen MR) is 65.5 cm³/mol. The smallest absolute Gasteiger partial charge is 0.193 e. The van der Waals surface area contributed by atoms with E-state index >= 15 is 0 Å². The maximum Gasteiger partial charge on any atom is 0.193 e. The van der Waals surface area contributed by atoms with E-state index in [0.29, 0.717) is 0 Å². The van der Waals surface area contributed by atoms with E-state index in [9.17, 15) is 0 Å². The molecule has 1 aromatic rings. The Bertz CT molecular complexity index is 312. The summed E-state index contributed by atoms with van der Waals surface area (Å²) in [5.74, 6) is 0. The summed E-state index contributed by atoms with van der Waals surface area (Å²) in [5, 5.41) is 1.33. The predicted octanol–water partition coefficient (Wildman–Crippen LogP) is 1.85. The van der Waals surface area contributed by atoms with Gasteiger partial charge in [0.2, 0.25) is 0 Å². The molecule has 1 aromatic carbocycles. The summed E-state index contributed by atoms with van der Waals surface area (Å²) >= 11 is 0. The number of benzene rings is 1. The molecule has 1 rings (SSSR count). The van der Waals surface area contributed by atoms with Gasteiger partial charge in [0.05, 0.1) is 0 Å². The molecular weight excluding hydrogens is 188 g/mol. The van der Waals surface area contributed by atoms with Gasteiger partial charge in [-0.2, -0.15) is 0 Å². The Morgan fingerprint density at radius 2 is 1.93 bits per heavy atom. The fourth-order valence-electron chi connectivity index (χ4n) is 1.16. The van der Waals surface area contributed by atoms with Gasteiger partial charge >= 0.3 is 0 Å². The first kappa shape index (κ1) is 11.2. The lowest BCUT2D eigenvalue weighted by atomic mass is 10.2. The highest BCUT2D eigenvalue weighted by Crippen LogP contribution is 2.06. The molecule has 0 unspecified atom stereocenters. The van der Waals surface area contributed by atoms with Gasteiger partial charge in [-0.25, -0.2) is 0 Å². The van der Waals surface area contributed by atoms with Crippen molar-refractivity contribution in [3.63, 3.8) is 0 Å². The number of hydrogen-bond donors (Lipinski definition) is 0. The monoisotopic (exact) mass is 206 g/mol. The van der Waals surface area contributed by atoms with E-state index in [2.05, 4.69) is 45.5 Å². The normalized spacial score (nSPS) is 12.2. The molecule has 0 N–H and O–H groups in total. The molecule has 0 radical (unpaired) electrons. The lowest BCUT2D eigenvalue weighted by molar-refractivity contribution is 0.142. The summed E-state index contributed by atoms with van der Waals surface area (Å²) in [6.45, 7) is 10.1. The van der Waals surface area contributed by atoms with Crippen LogP contribution in [0.4, 0.5) is 0 Å². The van der Waals surface area contributed by atoms with Crippen molar-refractivity contribution in [2.45, 2.75) is 26.4 Å². The van der Waals surface area contributed by atoms with Gasteiger partial charge in [-0.3, -0.25) is 0 Å². The van der Waals surface area contributed by atoms with Crippen LogP contribution < -0.4 is 5.19 Å². The second-order valence-corrected chi connectivity index (χ2v) is 5.64. The molecule has 0 aliphatic carbocycles. The third kappa shape index (κ3) is 3.48. The van der Waals surface area contributed by atoms with E-state index in [-0.39, 0.29) is 5.60 Å². The molecule has 0 aliphatic rings. The summed E-state index contributed by atoms with van der Waals surface area (Å²) in [6, 6.07) is 8.31. The van der Waals surface area contributed by atoms with Crippen LogP contribution in [0, 0.1) is 0 Å². The van der Waals surface area contributed by atoms with Gasteiger partial charge in [-0.05, 0) is 31.5 Å². The van der Waals surface area contributed by atoms with Crippen LogP contribution in [-0.4, -0.2) is 15.4 Å². The summed E-state index contributed by atoms with van der Waals surface area (Å²) in [6.07, 6.45) is 1.90. The first-order valence-corrected chi connectivity index (χ1v) is 6.16. The maximum atomic E-state index is 5.85. The zero-order valence-corrected chi connectivity index (χ0v) is 10.6. The molecule has 0 spiro atoms. The average Bonchev–Trinajstić information content (AvgIpc) is 2.14. The van der Waals surface area contributed by atoms with Crippen LogP contribution in [0.15, 0.2) is 30.8 Å². The summed E-state index contributed by atoms with van der Waals surface area (Å²) in [4.78, 5) is 0. The third-order valence-corrected chi connectivity index (χ3v) is 3.90. The first-order valence-electron chi connectivity index (χ1n) is 4.87. The molecule has 76 valence electrons. The molecule has 0 amide bonds. The van der Waals surface area contributed by atoms with Gasteiger partial charge in [0, 0.05) is 5.60 Å². The zero-order chi connectivity index (χ0) is 10.6. The van der Waals surface area contributed by atoms with Gasteiger partial charge < -0.3 is 4.43 Å². The van der Waals surface area contributed by atoms with E-state index in [4.69, 9.17) is 4.43 Å². The lowest BCUT2D eigenvalue weighted by Gasteiger charge is -2.20. The quantitative estimate of drug-likeness (QED) is 0.686. The van der Waals surface area contributed by atoms with Crippen LogP contribution in [0.2, 0.25) is 0 Å². The van der Waals surface area contributed by atoms with E-state index in [1.807, 2.05) is 12.1 Å². The Morgan fingerprint density at radius 1 is 1.29 bits per heavy atom. The minimum atomic E-state index is -0.627. The largest absolute Gasteiger partial charge is 0.414 e. The van der Waals surface area contributed by atoms with Crippen molar-refractivity contribution in [1.29, 1.82) is 0 Å². The van der Waals surface area contributed by atoms with Crippen LogP contribution in [0.3, 0.4) is 0 Å². The summed E-state index contributed by atoms with van der Waals surface area (Å²) in [7, 11) is -0.627. The SMILES string of the molecule is C=Cc1ccccc1[SiH2]OC(C)(C)C. The summed E-state index contributed by atoms with van der Waals surface area (Å²) in [5.41, 5.74) is 1.18. The Hall–Kier alpha value is -0.863. The van der Waals surface area contributed by atoms with Crippen LogP contribution >= 0.6 is 0 Å². The Labute approximate surface area is 88.7 Å². The highest BCUT2D eigenvalue weighted by molar-refractivity contribution is 6.48. The van der Waals surface area contributed by atoms with Crippen molar-refractivity contribution in [2.24, 2.45) is 0 Å². The Balaban J connectivity index is 2.71. The fraction of sp³-hybridized carbons (Fsp3) is 0.333. The highest BCUT2D eigenvalue weighted by atomic mass is 28.2. The minimum Gasteiger partial charge on any atom is -0.414 e. The van der Waals surface area contributed by atoms with Gasteiger partial charge in [0.1, 0.15) is 0 Å². The maximum absolute atomic E-state index is 5.85. The van der Waals surface area contributed by atoms with Crippen LogP contribution in [0.1, 0.15) is 26.3 Å². The van der Waals surface area contributed by atoms with Crippen LogP contribution in [0.5, 0.6) is 0 Å². The number of rotatable bonds is 3. The van der Waals surface area contributed by atoms with E-state index in [1.165, 1.54) is 10.8 Å². The molecule has 0 aliphatic heterocycles. The van der Waals surface area contributed by atoms with Gasteiger partial charge in [-0.15, -0.1) is 0 Å². The van der Waals surface area contributed by atoms with Crippen molar-refractivity contribution in [2.75, 3.05) is 0 Å². The Morgan fingerprint density at radius 3 is 2.50 bits per heavy atom. The third-order valence-electron chi connectivity index (χ3n) is 1.94. The highest BCUT2D eigenvalue weighted by Gasteiger charge is 2.10. The standard InChI is InChI=1S/C12H18OSi/c1-5-10-8-6-7-9-11(10)14-13-12(2,3)4/h5-9H,1,14H2,2-4H3. The molecule has 0 atom stereocenters. The van der Waals surface area contributed by atoms with Gasteiger partial charge in [0.25, 0.3) is 0 Å². The molecule has 0 aromatic heterocycles. The van der Waals surface area contributed by atoms with E-state index in [1.54, 1.807) is 0 Å². The molecule has 0 saturated carbocycles. The van der Waals surface area contributed by atoms with Gasteiger partial charge in [-0.1, -0.05) is 36.9 Å². The average molecular weight is 206 g/mol. The zero-order valence-electron chi connectivity index (χ0n) is 9.21. The molecule has 2 heteroatoms. The molecule has 0 bridgehead atoms. The molecule has 0 heterocycles.